The van der Waals surface area contributed by atoms with Crippen LogP contribution in [-0.2, 0) is 9.59 Å². The Labute approximate surface area is 107 Å². The number of nitrogens with one attached hydrogen (secondary N) is 1. The largest absolute Gasteiger partial charge is 0.343 e. The average Bonchev–Trinajstić information content (AvgIpc) is 2.72. The van der Waals surface area contributed by atoms with Gasteiger partial charge in [0.1, 0.15) is 11.9 Å². The molecule has 0 radical (unpaired) electrons. The Kier molecular flexibility index (Phi) is 4.26. The van der Waals surface area contributed by atoms with Crippen LogP contribution in [0.3, 0.4) is 0 Å². The lowest BCUT2D eigenvalue weighted by Gasteiger charge is -2.31. The standard InChI is InChI=1S/C12H19ClN2O2/c13-8-11(16)14-10-6-7-15(12(10)17)9-4-2-1-3-5-9/h9-10H,1-8H2,(H,14,16). The molecule has 5 heteroatoms. The number of carbonyl (C=O) groups is 2. The lowest BCUT2D eigenvalue weighted by Crippen LogP contribution is -2.45. The minimum atomic E-state index is -0.344. The molecule has 0 aromatic carbocycles. The van der Waals surface area contributed by atoms with E-state index in [0.717, 1.165) is 25.8 Å². The molecule has 2 amide bonds. The molecule has 1 saturated heterocycles. The number of nitrogens with zero attached hydrogens (tertiary/aromatic N) is 1. The third-order valence-electron chi connectivity index (χ3n) is 3.71. The minimum Gasteiger partial charge on any atom is -0.343 e. The number of hydrogen-bond donors (Lipinski definition) is 1. The van der Waals surface area contributed by atoms with Crippen LogP contribution in [0.5, 0.6) is 0 Å². The van der Waals surface area contributed by atoms with Crippen molar-refractivity contribution in [3.8, 4) is 0 Å². The number of rotatable bonds is 3. The van der Waals surface area contributed by atoms with Crippen molar-refractivity contribution in [2.75, 3.05) is 12.4 Å². The van der Waals surface area contributed by atoms with E-state index in [1.165, 1.54) is 19.3 Å². The Morgan fingerprint density at radius 2 is 2.00 bits per heavy atom. The normalized spacial score (nSPS) is 26.3. The summed E-state index contributed by atoms with van der Waals surface area (Å²) in [5, 5.41) is 2.69. The van der Waals surface area contributed by atoms with Crippen LogP contribution >= 0.6 is 11.6 Å². The summed E-state index contributed by atoms with van der Waals surface area (Å²) in [7, 11) is 0. The van der Waals surface area contributed by atoms with Gasteiger partial charge in [-0.1, -0.05) is 19.3 Å². The highest BCUT2D eigenvalue weighted by molar-refractivity contribution is 6.27. The van der Waals surface area contributed by atoms with Crippen molar-refractivity contribution >= 4 is 23.4 Å². The minimum absolute atomic E-state index is 0.0762. The van der Waals surface area contributed by atoms with Crippen LogP contribution in [0.1, 0.15) is 38.5 Å². The van der Waals surface area contributed by atoms with E-state index >= 15 is 0 Å². The zero-order valence-electron chi connectivity index (χ0n) is 9.95. The van der Waals surface area contributed by atoms with Gasteiger partial charge in [0.15, 0.2) is 0 Å². The van der Waals surface area contributed by atoms with Crippen molar-refractivity contribution in [2.24, 2.45) is 0 Å². The van der Waals surface area contributed by atoms with Crippen LogP contribution < -0.4 is 5.32 Å². The molecule has 1 N–H and O–H groups in total. The molecule has 0 spiro atoms. The zero-order chi connectivity index (χ0) is 12.3. The van der Waals surface area contributed by atoms with Gasteiger partial charge in [0.05, 0.1) is 0 Å². The van der Waals surface area contributed by atoms with Crippen LogP contribution in [0.2, 0.25) is 0 Å². The van der Waals surface area contributed by atoms with Gasteiger partial charge in [0.25, 0.3) is 0 Å². The number of likely N-dealkylation sites (tertiary alicyclic amines) is 1. The Morgan fingerprint density at radius 1 is 1.29 bits per heavy atom. The molecule has 4 nitrogen and oxygen atoms in total. The molecule has 1 unspecified atom stereocenters. The Bertz CT molecular complexity index is 303. The van der Waals surface area contributed by atoms with Crippen molar-refractivity contribution in [2.45, 2.75) is 50.6 Å². The van der Waals surface area contributed by atoms with Crippen LogP contribution in [0, 0.1) is 0 Å². The van der Waals surface area contributed by atoms with E-state index in [0.29, 0.717) is 6.04 Å². The Balaban J connectivity index is 1.90. The van der Waals surface area contributed by atoms with Gasteiger partial charge < -0.3 is 10.2 Å². The molecule has 1 atom stereocenters. The van der Waals surface area contributed by atoms with E-state index in [2.05, 4.69) is 5.32 Å². The molecule has 1 heterocycles. The summed E-state index contributed by atoms with van der Waals surface area (Å²) in [4.78, 5) is 25.3. The van der Waals surface area contributed by atoms with E-state index in [1.807, 2.05) is 4.90 Å². The Morgan fingerprint density at radius 3 is 2.65 bits per heavy atom. The van der Waals surface area contributed by atoms with Crippen molar-refractivity contribution in [3.63, 3.8) is 0 Å². The van der Waals surface area contributed by atoms with Gasteiger partial charge in [-0.05, 0) is 19.3 Å². The zero-order valence-corrected chi connectivity index (χ0v) is 10.7. The predicted octanol–water partition coefficient (Wildman–Crippen LogP) is 1.27. The molecule has 2 fully saturated rings. The molecule has 0 bridgehead atoms. The maximum atomic E-state index is 12.1. The first-order valence-corrected chi connectivity index (χ1v) is 6.91. The fraction of sp³-hybridized carbons (Fsp3) is 0.833. The summed E-state index contributed by atoms with van der Waals surface area (Å²) in [6, 6.07) is 0.0531. The summed E-state index contributed by atoms with van der Waals surface area (Å²) in [5.74, 6) is -0.251. The van der Waals surface area contributed by atoms with Gasteiger partial charge in [-0.15, -0.1) is 11.6 Å². The van der Waals surface area contributed by atoms with Crippen molar-refractivity contribution in [3.05, 3.63) is 0 Å². The lowest BCUT2D eigenvalue weighted by molar-refractivity contribution is -0.134. The molecule has 1 aliphatic carbocycles. The second-order valence-electron chi connectivity index (χ2n) is 4.87. The van der Waals surface area contributed by atoms with Gasteiger partial charge in [0, 0.05) is 12.6 Å². The summed E-state index contributed by atoms with van der Waals surface area (Å²) < 4.78 is 0. The number of amides is 2. The van der Waals surface area contributed by atoms with Crippen molar-refractivity contribution in [1.29, 1.82) is 0 Å². The highest BCUT2D eigenvalue weighted by Crippen LogP contribution is 2.26. The summed E-state index contributed by atoms with van der Waals surface area (Å²) >= 11 is 5.43. The molecule has 1 aliphatic heterocycles. The molecule has 17 heavy (non-hydrogen) atoms. The number of alkyl halides is 1. The van der Waals surface area contributed by atoms with Gasteiger partial charge in [-0.3, -0.25) is 9.59 Å². The van der Waals surface area contributed by atoms with Crippen molar-refractivity contribution in [1.82, 2.24) is 10.2 Å². The first-order valence-electron chi connectivity index (χ1n) is 6.38. The predicted molar refractivity (Wildman–Crippen MR) is 65.9 cm³/mol. The third kappa shape index (κ3) is 2.92. The first-order chi connectivity index (χ1) is 8.22. The van der Waals surface area contributed by atoms with E-state index < -0.39 is 0 Å². The molecule has 2 rings (SSSR count). The quantitative estimate of drug-likeness (QED) is 0.776. The van der Waals surface area contributed by atoms with Gasteiger partial charge in [-0.25, -0.2) is 0 Å². The van der Waals surface area contributed by atoms with E-state index in [4.69, 9.17) is 11.6 Å². The van der Waals surface area contributed by atoms with Crippen LogP contribution in [-0.4, -0.2) is 41.2 Å². The molecule has 96 valence electrons. The third-order valence-corrected chi connectivity index (χ3v) is 3.95. The highest BCUT2D eigenvalue weighted by atomic mass is 35.5. The fourth-order valence-corrected chi connectivity index (χ4v) is 2.90. The fourth-order valence-electron chi connectivity index (χ4n) is 2.82. The maximum absolute atomic E-state index is 12.1. The molecule has 0 aromatic rings. The van der Waals surface area contributed by atoms with E-state index in [-0.39, 0.29) is 23.7 Å². The van der Waals surface area contributed by atoms with Gasteiger partial charge in [-0.2, -0.15) is 0 Å². The number of hydrogen-bond acceptors (Lipinski definition) is 2. The van der Waals surface area contributed by atoms with E-state index in [9.17, 15) is 9.59 Å². The molecule has 2 aliphatic rings. The summed E-state index contributed by atoms with van der Waals surface area (Å²) in [6.45, 7) is 0.775. The monoisotopic (exact) mass is 258 g/mol. The Hall–Kier alpha value is -0.770. The molecule has 1 saturated carbocycles. The smallest absolute Gasteiger partial charge is 0.245 e. The molecule has 0 aromatic heterocycles. The average molecular weight is 259 g/mol. The van der Waals surface area contributed by atoms with Crippen LogP contribution in [0.25, 0.3) is 0 Å². The summed E-state index contributed by atoms with van der Waals surface area (Å²) in [5.41, 5.74) is 0. The summed E-state index contributed by atoms with van der Waals surface area (Å²) in [6.07, 6.45) is 6.66. The lowest BCUT2D eigenvalue weighted by atomic mass is 9.94. The van der Waals surface area contributed by atoms with Gasteiger partial charge >= 0.3 is 0 Å². The topological polar surface area (TPSA) is 49.4 Å². The second-order valence-corrected chi connectivity index (χ2v) is 5.13. The SMILES string of the molecule is O=C(CCl)NC1CCN(C2CCCCC2)C1=O. The number of halogens is 1. The number of carbonyl (C=O) groups excluding carboxylic acids is 2. The first kappa shape index (κ1) is 12.7. The molecular weight excluding hydrogens is 240 g/mol. The maximum Gasteiger partial charge on any atom is 0.245 e. The van der Waals surface area contributed by atoms with E-state index in [1.54, 1.807) is 0 Å². The van der Waals surface area contributed by atoms with Crippen molar-refractivity contribution < 1.29 is 9.59 Å². The second kappa shape index (κ2) is 5.71. The van der Waals surface area contributed by atoms with Crippen LogP contribution in [0.4, 0.5) is 0 Å². The molecular formula is C12H19ClN2O2. The van der Waals surface area contributed by atoms with Gasteiger partial charge in [0.2, 0.25) is 11.8 Å². The van der Waals surface area contributed by atoms with Crippen LogP contribution in [0.15, 0.2) is 0 Å². The highest BCUT2D eigenvalue weighted by Gasteiger charge is 2.36.